The second-order valence-corrected chi connectivity index (χ2v) is 6.78. The van der Waals surface area contributed by atoms with Gasteiger partial charge in [0.15, 0.2) is 0 Å². The third-order valence-corrected chi connectivity index (χ3v) is 4.83. The smallest absolute Gasteiger partial charge is 0.244 e. The fourth-order valence-electron chi connectivity index (χ4n) is 2.40. The zero-order chi connectivity index (χ0) is 17.5. The number of benzene rings is 1. The molecule has 128 valence electrons. The number of hydrogen-bond acceptors (Lipinski definition) is 4. The van der Waals surface area contributed by atoms with Gasteiger partial charge in [-0.05, 0) is 55.7 Å². The van der Waals surface area contributed by atoms with E-state index in [-0.39, 0.29) is 11.9 Å². The molecule has 0 radical (unpaired) electrons. The zero-order valence-electron chi connectivity index (χ0n) is 14.6. The number of rotatable bonds is 7. The van der Waals surface area contributed by atoms with E-state index in [4.69, 9.17) is 4.74 Å². The van der Waals surface area contributed by atoms with Crippen LogP contribution in [0.4, 0.5) is 0 Å². The number of ether oxygens (including phenoxy) is 1. The van der Waals surface area contributed by atoms with Crippen molar-refractivity contribution in [3.63, 3.8) is 0 Å². The molecule has 0 saturated carbocycles. The Kier molecular flexibility index (Phi) is 6.58. The molecular formula is C19H24N2O2S. The van der Waals surface area contributed by atoms with Crippen molar-refractivity contribution < 1.29 is 9.53 Å². The number of thiophene rings is 1. The topological polar surface area (TPSA) is 41.6 Å². The van der Waals surface area contributed by atoms with Crippen molar-refractivity contribution in [2.45, 2.75) is 13.0 Å². The molecule has 2 rings (SSSR count). The van der Waals surface area contributed by atoms with Crippen molar-refractivity contribution in [2.24, 2.45) is 0 Å². The number of amides is 1. The fourth-order valence-corrected chi connectivity index (χ4v) is 3.32. The molecule has 0 aliphatic rings. The molecule has 1 unspecified atom stereocenters. The summed E-state index contributed by atoms with van der Waals surface area (Å²) in [6, 6.07) is 12.0. The highest BCUT2D eigenvalue weighted by molar-refractivity contribution is 7.10. The van der Waals surface area contributed by atoms with E-state index >= 15 is 0 Å². The molecule has 1 aromatic heterocycles. The Labute approximate surface area is 147 Å². The third-order valence-electron chi connectivity index (χ3n) is 3.86. The number of carbonyl (C=O) groups is 1. The van der Waals surface area contributed by atoms with E-state index in [1.807, 2.05) is 51.4 Å². The molecular weight excluding hydrogens is 320 g/mol. The molecule has 0 saturated heterocycles. The number of hydrogen-bond donors (Lipinski definition) is 1. The summed E-state index contributed by atoms with van der Waals surface area (Å²) in [5, 5.41) is 5.06. The molecule has 0 aliphatic carbocycles. The monoisotopic (exact) mass is 344 g/mol. The van der Waals surface area contributed by atoms with Crippen molar-refractivity contribution >= 4 is 22.8 Å². The van der Waals surface area contributed by atoms with Crippen LogP contribution in [0.5, 0.6) is 5.75 Å². The van der Waals surface area contributed by atoms with Gasteiger partial charge in [-0.25, -0.2) is 0 Å². The maximum Gasteiger partial charge on any atom is 0.244 e. The predicted octanol–water partition coefficient (Wildman–Crippen LogP) is 3.58. The lowest BCUT2D eigenvalue weighted by Gasteiger charge is -2.23. The molecule has 0 spiro atoms. The molecule has 0 bridgehead atoms. The second kappa shape index (κ2) is 8.66. The van der Waals surface area contributed by atoms with Crippen molar-refractivity contribution in [1.82, 2.24) is 10.2 Å². The van der Waals surface area contributed by atoms with Crippen LogP contribution in [0.2, 0.25) is 0 Å². The van der Waals surface area contributed by atoms with Crippen LogP contribution < -0.4 is 10.1 Å². The summed E-state index contributed by atoms with van der Waals surface area (Å²) in [7, 11) is 5.68. The Balaban J connectivity index is 1.98. The molecule has 0 fully saturated rings. The first-order valence-electron chi connectivity index (χ1n) is 7.81. The summed E-state index contributed by atoms with van der Waals surface area (Å²) in [6.45, 7) is 2.52. The van der Waals surface area contributed by atoms with E-state index in [0.717, 1.165) is 16.9 Å². The minimum Gasteiger partial charge on any atom is -0.497 e. The van der Waals surface area contributed by atoms with Gasteiger partial charge in [-0.2, -0.15) is 0 Å². The lowest BCUT2D eigenvalue weighted by Crippen LogP contribution is -2.33. The first kappa shape index (κ1) is 18.2. The standard InChI is InChI=1S/C19H24N2O2S/c1-14(15-7-9-16(23-4)10-8-15)12-19(22)20-13-17(21(2)3)18-6-5-11-24-18/h5-12,17H,13H2,1-4H3,(H,20,22)/b14-12+. The molecule has 2 aromatic rings. The fraction of sp³-hybridized carbons (Fsp3) is 0.316. The van der Waals surface area contributed by atoms with Crippen molar-refractivity contribution in [2.75, 3.05) is 27.7 Å². The normalized spacial score (nSPS) is 13.0. The summed E-state index contributed by atoms with van der Waals surface area (Å²) < 4.78 is 5.15. The summed E-state index contributed by atoms with van der Waals surface area (Å²) in [5.41, 5.74) is 1.93. The maximum atomic E-state index is 12.2. The van der Waals surface area contributed by atoms with Crippen molar-refractivity contribution in [1.29, 1.82) is 0 Å². The molecule has 0 aliphatic heterocycles. The van der Waals surface area contributed by atoms with Crippen LogP contribution in [0.1, 0.15) is 23.4 Å². The number of likely N-dealkylation sites (N-methyl/N-ethyl adjacent to an activating group) is 1. The Morgan fingerprint density at radius 2 is 2.00 bits per heavy atom. The Morgan fingerprint density at radius 3 is 2.54 bits per heavy atom. The van der Waals surface area contributed by atoms with Crippen LogP contribution in [0.3, 0.4) is 0 Å². The zero-order valence-corrected chi connectivity index (χ0v) is 15.4. The third kappa shape index (κ3) is 4.94. The quantitative estimate of drug-likeness (QED) is 0.781. The van der Waals surface area contributed by atoms with Gasteiger partial charge in [0.25, 0.3) is 0 Å². The van der Waals surface area contributed by atoms with Gasteiger partial charge in [0.1, 0.15) is 5.75 Å². The highest BCUT2D eigenvalue weighted by Gasteiger charge is 2.15. The van der Waals surface area contributed by atoms with Gasteiger partial charge < -0.3 is 15.0 Å². The Hall–Kier alpha value is -2.11. The SMILES string of the molecule is COc1ccc(/C(C)=C/C(=O)NCC(c2cccs2)N(C)C)cc1. The molecule has 4 nitrogen and oxygen atoms in total. The number of allylic oxidation sites excluding steroid dienone is 1. The number of nitrogens with zero attached hydrogens (tertiary/aromatic N) is 1. The first-order chi connectivity index (χ1) is 11.5. The Morgan fingerprint density at radius 1 is 1.29 bits per heavy atom. The van der Waals surface area contributed by atoms with Gasteiger partial charge in [0.05, 0.1) is 13.2 Å². The largest absolute Gasteiger partial charge is 0.497 e. The van der Waals surface area contributed by atoms with Gasteiger partial charge >= 0.3 is 0 Å². The minimum atomic E-state index is -0.0771. The summed E-state index contributed by atoms with van der Waals surface area (Å²) in [6.07, 6.45) is 1.64. The molecule has 1 heterocycles. The lowest BCUT2D eigenvalue weighted by molar-refractivity contribution is -0.116. The maximum absolute atomic E-state index is 12.2. The summed E-state index contributed by atoms with van der Waals surface area (Å²) in [4.78, 5) is 15.6. The predicted molar refractivity (Wildman–Crippen MR) is 100 cm³/mol. The molecule has 1 N–H and O–H groups in total. The van der Waals surface area contributed by atoms with Crippen LogP contribution in [0.25, 0.3) is 5.57 Å². The van der Waals surface area contributed by atoms with Crippen molar-refractivity contribution in [3.8, 4) is 5.75 Å². The van der Waals surface area contributed by atoms with Crippen LogP contribution in [0, 0.1) is 0 Å². The number of nitrogens with one attached hydrogen (secondary N) is 1. The van der Waals surface area contributed by atoms with E-state index in [0.29, 0.717) is 6.54 Å². The molecule has 24 heavy (non-hydrogen) atoms. The molecule has 1 atom stereocenters. The van der Waals surface area contributed by atoms with Crippen LogP contribution in [0.15, 0.2) is 47.9 Å². The molecule has 5 heteroatoms. The highest BCUT2D eigenvalue weighted by atomic mass is 32.1. The number of methoxy groups -OCH3 is 1. The van der Waals surface area contributed by atoms with Gasteiger partial charge in [0.2, 0.25) is 5.91 Å². The number of carbonyl (C=O) groups excluding carboxylic acids is 1. The lowest BCUT2D eigenvalue weighted by atomic mass is 10.1. The van der Waals surface area contributed by atoms with Crippen LogP contribution >= 0.6 is 11.3 Å². The summed E-state index contributed by atoms with van der Waals surface area (Å²) >= 11 is 1.71. The van der Waals surface area contributed by atoms with E-state index in [9.17, 15) is 4.79 Å². The van der Waals surface area contributed by atoms with Gasteiger partial charge in [-0.15, -0.1) is 11.3 Å². The molecule has 1 amide bonds. The highest BCUT2D eigenvalue weighted by Crippen LogP contribution is 2.22. The van der Waals surface area contributed by atoms with E-state index in [2.05, 4.69) is 21.7 Å². The van der Waals surface area contributed by atoms with Crippen molar-refractivity contribution in [3.05, 3.63) is 58.3 Å². The second-order valence-electron chi connectivity index (χ2n) is 5.80. The van der Waals surface area contributed by atoms with Gasteiger partial charge in [-0.3, -0.25) is 4.79 Å². The first-order valence-corrected chi connectivity index (χ1v) is 8.69. The van der Waals surface area contributed by atoms with Crippen LogP contribution in [-0.4, -0.2) is 38.6 Å². The Bertz CT molecular complexity index is 676. The summed E-state index contributed by atoms with van der Waals surface area (Å²) in [5.74, 6) is 0.729. The molecule has 1 aromatic carbocycles. The minimum absolute atomic E-state index is 0.0771. The van der Waals surface area contributed by atoms with E-state index in [1.165, 1.54) is 4.88 Å². The average molecular weight is 344 g/mol. The average Bonchev–Trinajstić information content (AvgIpc) is 3.09. The van der Waals surface area contributed by atoms with E-state index in [1.54, 1.807) is 24.5 Å². The van der Waals surface area contributed by atoms with Crippen LogP contribution in [-0.2, 0) is 4.79 Å². The van der Waals surface area contributed by atoms with E-state index < -0.39 is 0 Å². The van der Waals surface area contributed by atoms with Gasteiger partial charge in [-0.1, -0.05) is 18.2 Å². The van der Waals surface area contributed by atoms with Gasteiger partial charge in [0, 0.05) is 17.5 Å².